The molecular weight excluding hydrogens is 266 g/mol. The third-order valence-electron chi connectivity index (χ3n) is 5.50. The molecule has 2 N–H and O–H groups in total. The van der Waals surface area contributed by atoms with Crippen molar-refractivity contribution >= 4 is 0 Å². The minimum absolute atomic E-state index is 0.263. The Morgan fingerprint density at radius 1 is 1.05 bits per heavy atom. The average Bonchev–Trinajstić information content (AvgIpc) is 2.95. The summed E-state index contributed by atoms with van der Waals surface area (Å²) >= 11 is 0. The molecule has 4 rings (SSSR count). The summed E-state index contributed by atoms with van der Waals surface area (Å²) in [5, 5.41) is 10.3. The van der Waals surface area contributed by atoms with Gasteiger partial charge in [0.25, 0.3) is 0 Å². The van der Waals surface area contributed by atoms with Gasteiger partial charge in [-0.1, -0.05) is 6.42 Å². The van der Waals surface area contributed by atoms with Crippen LogP contribution in [-0.4, -0.2) is 24.5 Å². The lowest BCUT2D eigenvalue weighted by Crippen LogP contribution is -3.16. The second kappa shape index (κ2) is 5.41. The van der Waals surface area contributed by atoms with E-state index < -0.39 is 0 Å². The van der Waals surface area contributed by atoms with Crippen LogP contribution >= 0.6 is 0 Å². The van der Waals surface area contributed by atoms with Gasteiger partial charge in [-0.15, -0.1) is 0 Å². The largest absolute Gasteiger partial charge is 0.507 e. The van der Waals surface area contributed by atoms with Crippen molar-refractivity contribution in [2.75, 3.05) is 13.3 Å². The van der Waals surface area contributed by atoms with Gasteiger partial charge in [0.05, 0.1) is 18.2 Å². The van der Waals surface area contributed by atoms with Crippen molar-refractivity contribution in [1.82, 2.24) is 0 Å². The molecule has 2 heterocycles. The van der Waals surface area contributed by atoms with Crippen LogP contribution in [0.25, 0.3) is 0 Å². The standard InChI is InChI=1S/C17H23NO3/c19-15-9-17-16(20-11-21-17)8-13(15)10-18-7-3-5-12-4-1-2-6-14(12)18/h8-9,12,14,19H,1-7,10-11H2/p+1/t12-,14+/m1/s1. The van der Waals surface area contributed by atoms with Gasteiger partial charge in [0.1, 0.15) is 12.3 Å². The Balaban J connectivity index is 1.55. The molecule has 0 radical (unpaired) electrons. The number of benzene rings is 1. The first-order valence-corrected chi connectivity index (χ1v) is 8.27. The summed E-state index contributed by atoms with van der Waals surface area (Å²) < 4.78 is 10.8. The number of rotatable bonds is 2. The molecule has 3 atom stereocenters. The van der Waals surface area contributed by atoms with Crippen molar-refractivity contribution in [1.29, 1.82) is 0 Å². The first kappa shape index (κ1) is 13.3. The fourth-order valence-corrected chi connectivity index (χ4v) is 4.45. The maximum absolute atomic E-state index is 10.3. The fourth-order valence-electron chi connectivity index (χ4n) is 4.45. The number of hydrogen-bond acceptors (Lipinski definition) is 3. The quantitative estimate of drug-likeness (QED) is 0.874. The van der Waals surface area contributed by atoms with E-state index in [-0.39, 0.29) is 6.79 Å². The summed E-state index contributed by atoms with van der Waals surface area (Å²) in [5.41, 5.74) is 1.00. The fraction of sp³-hybridized carbons (Fsp3) is 0.647. The van der Waals surface area contributed by atoms with E-state index in [1.807, 2.05) is 6.07 Å². The average molecular weight is 290 g/mol. The molecule has 1 aliphatic carbocycles. The molecule has 4 heteroatoms. The highest BCUT2D eigenvalue weighted by Gasteiger charge is 2.36. The second-order valence-corrected chi connectivity index (χ2v) is 6.71. The SMILES string of the molecule is Oc1cc2c(cc1C[NH+]1CCC[C@H]3CCCC[C@@H]31)OCO2. The summed E-state index contributed by atoms with van der Waals surface area (Å²) in [6.07, 6.45) is 8.26. The van der Waals surface area contributed by atoms with Gasteiger partial charge in [0, 0.05) is 12.0 Å². The van der Waals surface area contributed by atoms with Crippen LogP contribution in [0.3, 0.4) is 0 Å². The van der Waals surface area contributed by atoms with Gasteiger partial charge in [0.2, 0.25) is 6.79 Å². The highest BCUT2D eigenvalue weighted by atomic mass is 16.7. The zero-order valence-corrected chi connectivity index (χ0v) is 12.4. The second-order valence-electron chi connectivity index (χ2n) is 6.71. The van der Waals surface area contributed by atoms with E-state index in [4.69, 9.17) is 9.47 Å². The Kier molecular flexibility index (Phi) is 3.42. The summed E-state index contributed by atoms with van der Waals surface area (Å²) in [4.78, 5) is 1.65. The molecule has 2 fully saturated rings. The maximum atomic E-state index is 10.3. The van der Waals surface area contributed by atoms with Crippen LogP contribution in [0.15, 0.2) is 12.1 Å². The van der Waals surface area contributed by atoms with Gasteiger partial charge < -0.3 is 19.5 Å². The third-order valence-corrected chi connectivity index (χ3v) is 5.50. The molecule has 0 aromatic heterocycles. The molecule has 0 amide bonds. The molecule has 1 saturated carbocycles. The van der Waals surface area contributed by atoms with Gasteiger partial charge in [-0.2, -0.15) is 0 Å². The minimum atomic E-state index is 0.263. The first-order valence-electron chi connectivity index (χ1n) is 8.27. The molecule has 3 aliphatic rings. The first-order chi connectivity index (χ1) is 10.3. The lowest BCUT2D eigenvalue weighted by molar-refractivity contribution is -0.949. The summed E-state index contributed by atoms with van der Waals surface area (Å²) in [5.74, 6) is 2.70. The van der Waals surface area contributed by atoms with Crippen LogP contribution in [0, 0.1) is 5.92 Å². The Hall–Kier alpha value is -1.42. The van der Waals surface area contributed by atoms with Gasteiger partial charge in [0.15, 0.2) is 11.5 Å². The van der Waals surface area contributed by atoms with Gasteiger partial charge >= 0.3 is 0 Å². The molecule has 4 nitrogen and oxygen atoms in total. The smallest absolute Gasteiger partial charge is 0.231 e. The van der Waals surface area contributed by atoms with Crippen molar-refractivity contribution in [3.05, 3.63) is 17.7 Å². The molecular formula is C17H24NO3+. The lowest BCUT2D eigenvalue weighted by Gasteiger charge is -2.41. The molecule has 21 heavy (non-hydrogen) atoms. The van der Waals surface area contributed by atoms with Crippen molar-refractivity contribution in [2.24, 2.45) is 5.92 Å². The molecule has 1 unspecified atom stereocenters. The van der Waals surface area contributed by atoms with E-state index in [1.165, 1.54) is 45.1 Å². The van der Waals surface area contributed by atoms with Crippen LogP contribution < -0.4 is 14.4 Å². The maximum Gasteiger partial charge on any atom is 0.231 e. The molecule has 0 spiro atoms. The number of nitrogens with one attached hydrogen (secondary N) is 1. The van der Waals surface area contributed by atoms with E-state index in [0.717, 1.165) is 29.8 Å². The number of aromatic hydroxyl groups is 1. The van der Waals surface area contributed by atoms with Crippen LogP contribution in [0.1, 0.15) is 44.1 Å². The highest BCUT2D eigenvalue weighted by molar-refractivity contribution is 5.50. The zero-order valence-electron chi connectivity index (χ0n) is 12.4. The Labute approximate surface area is 125 Å². The number of phenolic OH excluding ortho intramolecular Hbond substituents is 1. The van der Waals surface area contributed by atoms with Crippen molar-refractivity contribution < 1.29 is 19.5 Å². The van der Waals surface area contributed by atoms with Crippen LogP contribution in [0.5, 0.6) is 17.2 Å². The number of phenols is 1. The number of piperidine rings is 1. The van der Waals surface area contributed by atoms with E-state index in [0.29, 0.717) is 11.5 Å². The topological polar surface area (TPSA) is 43.1 Å². The Morgan fingerprint density at radius 3 is 2.71 bits per heavy atom. The zero-order chi connectivity index (χ0) is 14.2. The van der Waals surface area contributed by atoms with Gasteiger partial charge in [-0.25, -0.2) is 0 Å². The number of ether oxygens (including phenoxy) is 2. The third kappa shape index (κ3) is 2.46. The van der Waals surface area contributed by atoms with Crippen LogP contribution in [0.4, 0.5) is 0 Å². The molecule has 0 bridgehead atoms. The number of fused-ring (bicyclic) bond motifs is 2. The van der Waals surface area contributed by atoms with E-state index >= 15 is 0 Å². The molecule has 2 aliphatic heterocycles. The lowest BCUT2D eigenvalue weighted by atomic mass is 9.78. The van der Waals surface area contributed by atoms with Crippen LogP contribution in [-0.2, 0) is 6.54 Å². The normalized spacial score (nSPS) is 31.0. The van der Waals surface area contributed by atoms with Crippen molar-refractivity contribution in [3.8, 4) is 17.2 Å². The predicted molar refractivity (Wildman–Crippen MR) is 78.7 cm³/mol. The molecule has 1 aromatic carbocycles. The molecule has 1 aromatic rings. The number of quaternary nitrogens is 1. The van der Waals surface area contributed by atoms with E-state index in [1.54, 1.807) is 11.0 Å². The molecule has 114 valence electrons. The van der Waals surface area contributed by atoms with Crippen LogP contribution in [0.2, 0.25) is 0 Å². The summed E-state index contributed by atoms with van der Waals surface area (Å²) in [7, 11) is 0. The number of hydrogen-bond donors (Lipinski definition) is 2. The Bertz CT molecular complexity index is 529. The summed E-state index contributed by atoms with van der Waals surface area (Å²) in [6, 6.07) is 4.47. The van der Waals surface area contributed by atoms with E-state index in [2.05, 4.69) is 0 Å². The summed E-state index contributed by atoms with van der Waals surface area (Å²) in [6.45, 7) is 2.40. The minimum Gasteiger partial charge on any atom is -0.507 e. The monoisotopic (exact) mass is 290 g/mol. The molecule has 1 saturated heterocycles. The number of likely N-dealkylation sites (tertiary alicyclic amines) is 1. The van der Waals surface area contributed by atoms with Crippen molar-refractivity contribution in [2.45, 2.75) is 51.1 Å². The van der Waals surface area contributed by atoms with Crippen molar-refractivity contribution in [3.63, 3.8) is 0 Å². The highest BCUT2D eigenvalue weighted by Crippen LogP contribution is 2.37. The van der Waals surface area contributed by atoms with Gasteiger partial charge in [-0.3, -0.25) is 0 Å². The Morgan fingerprint density at radius 2 is 1.81 bits per heavy atom. The predicted octanol–water partition coefficient (Wildman–Crippen LogP) is 1.86. The van der Waals surface area contributed by atoms with E-state index in [9.17, 15) is 5.11 Å². The van der Waals surface area contributed by atoms with Gasteiger partial charge in [-0.05, 0) is 38.2 Å².